The number of ether oxygens (including phenoxy) is 6. The quantitative estimate of drug-likeness (QED) is 0.0896. The molecule has 16 heteroatoms. The molecule has 3 saturated heterocycles. The van der Waals surface area contributed by atoms with Crippen LogP contribution in [0.1, 0.15) is 147 Å². The van der Waals surface area contributed by atoms with E-state index in [1.807, 2.05) is 46.7 Å². The fourth-order valence-electron chi connectivity index (χ4n) is 10.4. The number of nitrogens with zero attached hydrogens (tertiary/aromatic N) is 2. The predicted molar refractivity (Wildman–Crippen MR) is 244 cm³/mol. The van der Waals surface area contributed by atoms with Crippen molar-refractivity contribution in [3.8, 4) is 0 Å². The Hall–Kier alpha value is -1.54. The van der Waals surface area contributed by atoms with Crippen LogP contribution >= 0.6 is 0 Å². The number of aliphatic hydroxyl groups is 5. The number of hydrogen-bond donors (Lipinski definition) is 6. The number of rotatable bonds is 17. The van der Waals surface area contributed by atoms with Gasteiger partial charge in [0.15, 0.2) is 12.6 Å². The van der Waals surface area contributed by atoms with Crippen LogP contribution in [0.3, 0.4) is 0 Å². The van der Waals surface area contributed by atoms with Gasteiger partial charge in [-0.2, -0.15) is 0 Å². The maximum Gasteiger partial charge on any atom is 0.311 e. The summed E-state index contributed by atoms with van der Waals surface area (Å²) in [5, 5.41) is 62.8. The number of carbonyl (C=O) groups is 2. The summed E-state index contributed by atoms with van der Waals surface area (Å²) >= 11 is 0. The number of amides is 1. The minimum absolute atomic E-state index is 0.00602. The van der Waals surface area contributed by atoms with Crippen molar-refractivity contribution in [2.24, 2.45) is 17.8 Å². The van der Waals surface area contributed by atoms with E-state index in [0.717, 1.165) is 32.1 Å². The molecule has 3 aliphatic heterocycles. The number of likely N-dealkylation sites (N-methyl/N-ethyl adjacent to an activating group) is 1. The number of unbranched alkanes of at least 4 members (excludes halogenated alkanes) is 4. The zero-order valence-electron chi connectivity index (χ0n) is 42.0. The van der Waals surface area contributed by atoms with Crippen molar-refractivity contribution in [1.29, 1.82) is 0 Å². The smallest absolute Gasteiger partial charge is 0.311 e. The van der Waals surface area contributed by atoms with E-state index in [1.54, 1.807) is 34.6 Å². The predicted octanol–water partition coefficient (Wildman–Crippen LogP) is 4.14. The summed E-state index contributed by atoms with van der Waals surface area (Å²) in [6.45, 7) is 21.1. The lowest BCUT2D eigenvalue weighted by Crippen LogP contribution is -2.60. The van der Waals surface area contributed by atoms with E-state index < -0.39 is 96.0 Å². The van der Waals surface area contributed by atoms with Gasteiger partial charge in [0, 0.05) is 57.6 Å². The number of nitrogens with one attached hydrogen (secondary N) is 1. The molecule has 376 valence electrons. The summed E-state index contributed by atoms with van der Waals surface area (Å²) in [4.78, 5) is 31.2. The van der Waals surface area contributed by atoms with Gasteiger partial charge in [0.2, 0.25) is 5.91 Å². The molecule has 0 aromatic heterocycles. The van der Waals surface area contributed by atoms with Crippen LogP contribution < -0.4 is 5.32 Å². The molecule has 3 aliphatic rings. The first-order valence-corrected chi connectivity index (χ1v) is 24.4. The van der Waals surface area contributed by atoms with Gasteiger partial charge in [-0.3, -0.25) is 14.5 Å². The highest BCUT2D eigenvalue weighted by atomic mass is 16.7. The van der Waals surface area contributed by atoms with Crippen LogP contribution in [-0.2, 0) is 38.0 Å². The van der Waals surface area contributed by atoms with Gasteiger partial charge >= 0.3 is 5.97 Å². The Bertz CT molecular complexity index is 1410. The maximum absolute atomic E-state index is 14.5. The monoisotopic (exact) mass is 918 g/mol. The molecule has 0 aromatic carbocycles. The lowest BCUT2D eigenvalue weighted by Gasteiger charge is -2.48. The highest BCUT2D eigenvalue weighted by Gasteiger charge is 2.53. The molecule has 0 bridgehead atoms. The van der Waals surface area contributed by atoms with Crippen molar-refractivity contribution >= 4 is 11.9 Å². The van der Waals surface area contributed by atoms with Crippen molar-refractivity contribution in [3.63, 3.8) is 0 Å². The van der Waals surface area contributed by atoms with Crippen LogP contribution in [-0.4, -0.2) is 178 Å². The first-order chi connectivity index (χ1) is 29.8. The summed E-state index contributed by atoms with van der Waals surface area (Å²) in [7, 11) is 5.27. The van der Waals surface area contributed by atoms with E-state index in [0.29, 0.717) is 38.9 Å². The Balaban J connectivity index is 2.09. The Morgan fingerprint density at radius 3 is 2.17 bits per heavy atom. The molecule has 1 amide bonds. The second-order valence-electron chi connectivity index (χ2n) is 20.6. The third kappa shape index (κ3) is 15.0. The van der Waals surface area contributed by atoms with Crippen LogP contribution in [0.5, 0.6) is 0 Å². The number of methoxy groups -OCH3 is 1. The Labute approximate surface area is 385 Å². The van der Waals surface area contributed by atoms with E-state index in [1.165, 1.54) is 14.0 Å². The number of esters is 1. The van der Waals surface area contributed by atoms with Gasteiger partial charge in [-0.15, -0.1) is 0 Å². The highest BCUT2D eigenvalue weighted by molar-refractivity contribution is 5.75. The van der Waals surface area contributed by atoms with Crippen LogP contribution in [0.4, 0.5) is 0 Å². The molecule has 0 aliphatic carbocycles. The summed E-state index contributed by atoms with van der Waals surface area (Å²) in [6, 6.07) is -0.942. The van der Waals surface area contributed by atoms with Crippen molar-refractivity contribution in [2.45, 2.75) is 237 Å². The van der Waals surface area contributed by atoms with Crippen LogP contribution in [0.25, 0.3) is 0 Å². The molecule has 0 saturated carbocycles. The standard InChI is InChI=1S/C48H91N3O13/c1-15-17-18-19-20-22-37(52)49-23-21-24-51-28-29(3)26-46(9,57)43(64-45-39(53)35(50(12)13)25-30(4)60-45)31(5)40(63-38-27-47(10,59-14)42(55)34(8)61-38)32(6)44(56)62-36(16-2)48(11,58)41(54)33(51)7/h29-36,38-43,45,53-55,57-58H,15-28H2,1-14H3,(H,49,52)/t29-,30-,31+,32-,33-,34+,35+,36-,38+,39-,40+,41-,42+,43-,45+,46-,47-,48-/m1/s1. The van der Waals surface area contributed by atoms with E-state index in [2.05, 4.69) is 17.1 Å². The largest absolute Gasteiger partial charge is 0.459 e. The zero-order chi connectivity index (χ0) is 48.3. The molecule has 18 atom stereocenters. The van der Waals surface area contributed by atoms with Gasteiger partial charge in [-0.05, 0) is 101 Å². The Morgan fingerprint density at radius 2 is 1.56 bits per heavy atom. The van der Waals surface area contributed by atoms with Crippen molar-refractivity contribution in [2.75, 3.05) is 40.8 Å². The first kappa shape index (κ1) is 56.8. The van der Waals surface area contributed by atoms with Gasteiger partial charge in [-0.25, -0.2) is 0 Å². The number of hydrogen-bond acceptors (Lipinski definition) is 15. The van der Waals surface area contributed by atoms with Crippen molar-refractivity contribution in [3.05, 3.63) is 0 Å². The van der Waals surface area contributed by atoms with E-state index in [4.69, 9.17) is 28.4 Å². The van der Waals surface area contributed by atoms with Crippen molar-refractivity contribution in [1.82, 2.24) is 15.1 Å². The fraction of sp³-hybridized carbons (Fsp3) is 0.958. The summed E-state index contributed by atoms with van der Waals surface area (Å²) in [5.74, 6) is -2.78. The fourth-order valence-corrected chi connectivity index (χ4v) is 10.4. The van der Waals surface area contributed by atoms with E-state index >= 15 is 0 Å². The minimum atomic E-state index is -1.89. The molecule has 3 heterocycles. The van der Waals surface area contributed by atoms with Crippen LogP contribution in [0.2, 0.25) is 0 Å². The number of aliphatic hydroxyl groups excluding tert-OH is 3. The maximum atomic E-state index is 14.5. The second kappa shape index (κ2) is 25.2. The molecule has 0 radical (unpaired) electrons. The van der Waals surface area contributed by atoms with Gasteiger partial charge in [0.05, 0.1) is 41.5 Å². The average molecular weight is 918 g/mol. The van der Waals surface area contributed by atoms with E-state index in [9.17, 15) is 35.1 Å². The van der Waals surface area contributed by atoms with Crippen molar-refractivity contribution < 1.29 is 63.5 Å². The van der Waals surface area contributed by atoms with Gasteiger partial charge in [0.25, 0.3) is 0 Å². The Morgan fingerprint density at radius 1 is 0.906 bits per heavy atom. The summed E-state index contributed by atoms with van der Waals surface area (Å²) in [5.41, 5.74) is -4.56. The van der Waals surface area contributed by atoms with Gasteiger partial charge in [0.1, 0.15) is 30.0 Å². The summed E-state index contributed by atoms with van der Waals surface area (Å²) < 4.78 is 38.0. The molecule has 0 aromatic rings. The van der Waals surface area contributed by atoms with Gasteiger partial charge in [-0.1, -0.05) is 53.4 Å². The normalized spacial score (nSPS) is 42.4. The second-order valence-corrected chi connectivity index (χ2v) is 20.6. The first-order valence-electron chi connectivity index (χ1n) is 24.4. The lowest BCUT2D eigenvalue weighted by atomic mass is 9.77. The van der Waals surface area contributed by atoms with E-state index in [-0.39, 0.29) is 43.2 Å². The summed E-state index contributed by atoms with van der Waals surface area (Å²) in [6.07, 6.45) is -2.44. The van der Waals surface area contributed by atoms with Crippen LogP contribution in [0.15, 0.2) is 0 Å². The minimum Gasteiger partial charge on any atom is -0.459 e. The molecule has 3 fully saturated rings. The average Bonchev–Trinajstić information content (AvgIpc) is 3.22. The molecular formula is C48H91N3O13. The molecule has 0 spiro atoms. The highest BCUT2D eigenvalue weighted by Crippen LogP contribution is 2.40. The van der Waals surface area contributed by atoms with Crippen LogP contribution in [0, 0.1) is 17.8 Å². The third-order valence-corrected chi connectivity index (χ3v) is 14.5. The molecular weight excluding hydrogens is 827 g/mol. The SMILES string of the molecule is CCCCCCCC(=O)NCCCN1C[C@H](C)C[C@@](C)(O)[C@H](O[C@@H]2O[C@H](C)C[C@H](N(C)C)[C@H]2O)[C@@H](C)[C@H](O[C@H]2C[C@@](C)(OC)[C@@H](O)[C@H](C)O2)[C@@H](C)C(=O)O[C@H](CC)[C@@](C)(O)[C@H](O)[C@H]1C. The lowest BCUT2D eigenvalue weighted by molar-refractivity contribution is -0.318. The number of carbonyl (C=O) groups excluding carboxylic acids is 2. The molecule has 16 nitrogen and oxygen atoms in total. The Kier molecular flexibility index (Phi) is 22.3. The topological polar surface area (TPSA) is 209 Å². The molecule has 0 unspecified atom stereocenters. The molecule has 64 heavy (non-hydrogen) atoms. The molecule has 6 N–H and O–H groups in total. The zero-order valence-corrected chi connectivity index (χ0v) is 42.0. The third-order valence-electron chi connectivity index (χ3n) is 14.5. The van der Waals surface area contributed by atoms with Gasteiger partial charge < -0.3 is 64.2 Å². The number of cyclic esters (lactones) is 1. The molecule has 3 rings (SSSR count).